The summed E-state index contributed by atoms with van der Waals surface area (Å²) in [4.78, 5) is 0.222. The lowest BCUT2D eigenvalue weighted by Crippen LogP contribution is -1.96. The molecule has 0 amide bonds. The molecule has 0 bridgehead atoms. The van der Waals surface area contributed by atoms with Gasteiger partial charge in [-0.1, -0.05) is 0 Å². The molecule has 0 aromatic heterocycles. The Morgan fingerprint density at radius 3 is 2.20 bits per heavy atom. The van der Waals surface area contributed by atoms with Crippen molar-refractivity contribution in [3.63, 3.8) is 0 Å². The van der Waals surface area contributed by atoms with Crippen LogP contribution in [0.3, 0.4) is 0 Å². The van der Waals surface area contributed by atoms with Gasteiger partial charge in [-0.15, -0.1) is 0 Å². The maximum Gasteiger partial charge on any atom is 0.201 e. The van der Waals surface area contributed by atoms with Crippen molar-refractivity contribution in [2.24, 2.45) is 0 Å². The van der Waals surface area contributed by atoms with E-state index in [1.54, 1.807) is 12.1 Å². The fraction of sp³-hybridized carbons (Fsp3) is 0.111. The van der Waals surface area contributed by atoms with Crippen molar-refractivity contribution in [1.82, 2.24) is 0 Å². The largest absolute Gasteiger partial charge is 0.497 e. The first kappa shape index (κ1) is 12.7. The summed E-state index contributed by atoms with van der Waals surface area (Å²) in [7, 11) is -1.87. The molecule has 1 aromatic carbocycles. The molecule has 1 aromatic rings. The van der Waals surface area contributed by atoms with E-state index in [1.807, 2.05) is 0 Å². The number of methoxy groups -OCH3 is 1. The van der Waals surface area contributed by atoms with Crippen molar-refractivity contribution in [2.75, 3.05) is 7.11 Å². The summed E-state index contributed by atoms with van der Waals surface area (Å²) >= 11 is 6.02. The Labute approximate surface area is 105 Å². The SMILES string of the molecule is COc1ccc(S(=O)(=O)C=C(Br)Br)cc1. The summed E-state index contributed by atoms with van der Waals surface area (Å²) in [5.74, 6) is 0.621. The van der Waals surface area contributed by atoms with Crippen molar-refractivity contribution in [3.8, 4) is 5.75 Å². The molecular formula is C9H8Br2O3S. The lowest BCUT2D eigenvalue weighted by atomic mass is 10.3. The molecule has 0 heterocycles. The molecule has 0 aliphatic rings. The minimum absolute atomic E-state index is 0.222. The number of ether oxygens (including phenoxy) is 1. The van der Waals surface area contributed by atoms with Gasteiger partial charge in [0, 0.05) is 0 Å². The fourth-order valence-corrected chi connectivity index (χ4v) is 3.31. The first-order chi connectivity index (χ1) is 6.95. The van der Waals surface area contributed by atoms with Gasteiger partial charge in [0.1, 0.15) is 5.75 Å². The Kier molecular flexibility index (Phi) is 4.36. The van der Waals surface area contributed by atoms with Gasteiger partial charge >= 0.3 is 0 Å². The van der Waals surface area contributed by atoms with E-state index in [0.717, 1.165) is 5.41 Å². The molecule has 3 nitrogen and oxygen atoms in total. The van der Waals surface area contributed by atoms with Gasteiger partial charge < -0.3 is 4.74 Å². The molecule has 0 aliphatic heterocycles. The van der Waals surface area contributed by atoms with Crippen LogP contribution in [-0.4, -0.2) is 15.5 Å². The predicted molar refractivity (Wildman–Crippen MR) is 66.1 cm³/mol. The van der Waals surface area contributed by atoms with Crippen LogP contribution in [0.15, 0.2) is 38.0 Å². The minimum atomic E-state index is -3.40. The summed E-state index contributed by atoms with van der Waals surface area (Å²) in [6.07, 6.45) is 0. The van der Waals surface area contributed by atoms with Crippen LogP contribution in [0.2, 0.25) is 0 Å². The van der Waals surface area contributed by atoms with Gasteiger partial charge in [-0.2, -0.15) is 0 Å². The third kappa shape index (κ3) is 3.62. The molecular weight excluding hydrogens is 348 g/mol. The fourth-order valence-electron chi connectivity index (χ4n) is 0.951. The first-order valence-corrected chi connectivity index (χ1v) is 7.01. The number of hydrogen-bond donors (Lipinski definition) is 0. The zero-order chi connectivity index (χ0) is 11.5. The van der Waals surface area contributed by atoms with Crippen LogP contribution >= 0.6 is 31.9 Å². The number of rotatable bonds is 3. The second-order valence-electron chi connectivity index (χ2n) is 2.63. The third-order valence-electron chi connectivity index (χ3n) is 1.63. The van der Waals surface area contributed by atoms with Crippen LogP contribution in [-0.2, 0) is 9.84 Å². The van der Waals surface area contributed by atoms with Crippen LogP contribution in [0.4, 0.5) is 0 Å². The van der Waals surface area contributed by atoms with Crippen molar-refractivity contribution in [3.05, 3.63) is 33.1 Å². The number of halogens is 2. The molecule has 0 N–H and O–H groups in total. The Morgan fingerprint density at radius 2 is 1.80 bits per heavy atom. The Bertz CT molecular complexity index is 459. The molecule has 0 saturated carbocycles. The second-order valence-corrected chi connectivity index (χ2v) is 7.20. The van der Waals surface area contributed by atoms with E-state index in [1.165, 1.54) is 19.2 Å². The average Bonchev–Trinajstić information content (AvgIpc) is 2.16. The Balaban J connectivity index is 3.12. The van der Waals surface area contributed by atoms with Gasteiger partial charge in [0.25, 0.3) is 0 Å². The van der Waals surface area contributed by atoms with E-state index in [0.29, 0.717) is 9.14 Å². The zero-order valence-corrected chi connectivity index (χ0v) is 11.8. The van der Waals surface area contributed by atoms with E-state index in [-0.39, 0.29) is 4.90 Å². The highest BCUT2D eigenvalue weighted by Gasteiger charge is 2.11. The van der Waals surface area contributed by atoms with Crippen molar-refractivity contribution < 1.29 is 13.2 Å². The zero-order valence-electron chi connectivity index (χ0n) is 7.78. The van der Waals surface area contributed by atoms with Gasteiger partial charge in [-0.3, -0.25) is 0 Å². The first-order valence-electron chi connectivity index (χ1n) is 3.87. The van der Waals surface area contributed by atoms with Crippen LogP contribution in [0.5, 0.6) is 5.75 Å². The number of hydrogen-bond acceptors (Lipinski definition) is 3. The van der Waals surface area contributed by atoms with Gasteiger partial charge in [0.2, 0.25) is 9.84 Å². The van der Waals surface area contributed by atoms with Crippen molar-refractivity contribution >= 4 is 41.7 Å². The van der Waals surface area contributed by atoms with Crippen LogP contribution < -0.4 is 4.74 Å². The molecule has 0 aliphatic carbocycles. The highest BCUT2D eigenvalue weighted by molar-refractivity contribution is 9.28. The summed E-state index contributed by atoms with van der Waals surface area (Å²) in [5.41, 5.74) is 0. The molecule has 0 radical (unpaired) electrons. The maximum absolute atomic E-state index is 11.7. The second kappa shape index (κ2) is 5.14. The number of benzene rings is 1. The molecule has 0 atom stereocenters. The van der Waals surface area contributed by atoms with Gasteiger partial charge in [-0.25, -0.2) is 8.42 Å². The highest BCUT2D eigenvalue weighted by Crippen LogP contribution is 2.22. The quantitative estimate of drug-likeness (QED) is 0.836. The molecule has 6 heteroatoms. The van der Waals surface area contributed by atoms with E-state index in [9.17, 15) is 8.42 Å². The molecule has 15 heavy (non-hydrogen) atoms. The van der Waals surface area contributed by atoms with Gasteiger partial charge in [0.15, 0.2) is 0 Å². The summed E-state index contributed by atoms with van der Waals surface area (Å²) < 4.78 is 28.6. The van der Waals surface area contributed by atoms with Crippen molar-refractivity contribution in [2.45, 2.75) is 4.90 Å². The normalized spacial score (nSPS) is 10.9. The van der Waals surface area contributed by atoms with Crippen LogP contribution in [0, 0.1) is 0 Å². The molecule has 0 saturated heterocycles. The lowest BCUT2D eigenvalue weighted by Gasteiger charge is -2.01. The van der Waals surface area contributed by atoms with E-state index in [4.69, 9.17) is 4.74 Å². The molecule has 0 unspecified atom stereocenters. The summed E-state index contributed by atoms with van der Waals surface area (Å²) in [6, 6.07) is 6.19. The lowest BCUT2D eigenvalue weighted by molar-refractivity contribution is 0.414. The van der Waals surface area contributed by atoms with Crippen LogP contribution in [0.1, 0.15) is 0 Å². The highest BCUT2D eigenvalue weighted by atomic mass is 79.9. The maximum atomic E-state index is 11.7. The number of sulfone groups is 1. The molecule has 0 spiro atoms. The van der Waals surface area contributed by atoms with Gasteiger partial charge in [0.05, 0.1) is 20.8 Å². The summed E-state index contributed by atoms with van der Waals surface area (Å²) in [5, 5.41) is 1.09. The Hall–Kier alpha value is -0.330. The van der Waals surface area contributed by atoms with Gasteiger partial charge in [-0.05, 0) is 56.1 Å². The predicted octanol–water partition coefficient (Wildman–Crippen LogP) is 3.06. The summed E-state index contributed by atoms with van der Waals surface area (Å²) in [6.45, 7) is 0. The van der Waals surface area contributed by atoms with E-state index in [2.05, 4.69) is 31.9 Å². The topological polar surface area (TPSA) is 43.4 Å². The molecule has 0 fully saturated rings. The Morgan fingerprint density at radius 1 is 1.27 bits per heavy atom. The van der Waals surface area contributed by atoms with E-state index >= 15 is 0 Å². The van der Waals surface area contributed by atoms with E-state index < -0.39 is 9.84 Å². The monoisotopic (exact) mass is 354 g/mol. The molecule has 82 valence electrons. The smallest absolute Gasteiger partial charge is 0.201 e. The third-order valence-corrected chi connectivity index (χ3v) is 4.17. The molecule has 1 rings (SSSR count). The van der Waals surface area contributed by atoms with Crippen LogP contribution in [0.25, 0.3) is 0 Å². The average molecular weight is 356 g/mol. The standard InChI is InChI=1S/C9H8Br2O3S/c1-14-7-2-4-8(5-3-7)15(12,13)6-9(10)11/h2-6H,1H3. The van der Waals surface area contributed by atoms with Crippen molar-refractivity contribution in [1.29, 1.82) is 0 Å². The minimum Gasteiger partial charge on any atom is -0.497 e.